The van der Waals surface area contributed by atoms with Gasteiger partial charge in [-0.3, -0.25) is 4.79 Å². The van der Waals surface area contributed by atoms with Crippen LogP contribution in [-0.4, -0.2) is 16.3 Å². The van der Waals surface area contributed by atoms with E-state index in [4.69, 9.17) is 0 Å². The van der Waals surface area contributed by atoms with Gasteiger partial charge in [0.1, 0.15) is 5.75 Å². The number of anilines is 1. The Bertz CT molecular complexity index is 608. The van der Waals surface area contributed by atoms with Gasteiger partial charge in [-0.25, -0.2) is 0 Å². The minimum Gasteiger partial charge on any atom is -0.508 e. The smallest absolute Gasteiger partial charge is 0.256 e. The number of nitrogens with one attached hydrogen (secondary N) is 1. The molecule has 2 N–H and O–H groups in total. The van der Waals surface area contributed by atoms with Crippen molar-refractivity contribution in [3.8, 4) is 5.75 Å². The zero-order valence-electron chi connectivity index (χ0n) is 11.2. The Morgan fingerprint density at radius 2 is 1.90 bits per heavy atom. The SMILES string of the molecule is Cc1c(O)cccc1C(=O)Nc1ccc(CCBr)cc1. The topological polar surface area (TPSA) is 49.3 Å². The number of aryl methyl sites for hydroxylation is 1. The van der Waals surface area contributed by atoms with Crippen LogP contribution in [0.1, 0.15) is 21.5 Å². The lowest BCUT2D eigenvalue weighted by Gasteiger charge is -2.09. The van der Waals surface area contributed by atoms with Crippen LogP contribution in [-0.2, 0) is 6.42 Å². The molecule has 0 bridgehead atoms. The Kier molecular flexibility index (Phi) is 4.79. The highest BCUT2D eigenvalue weighted by Crippen LogP contribution is 2.21. The first-order valence-electron chi connectivity index (χ1n) is 6.36. The normalized spacial score (nSPS) is 10.3. The summed E-state index contributed by atoms with van der Waals surface area (Å²) in [5, 5.41) is 13.4. The monoisotopic (exact) mass is 333 g/mol. The fraction of sp³-hybridized carbons (Fsp3) is 0.188. The zero-order chi connectivity index (χ0) is 14.5. The molecule has 2 aromatic carbocycles. The molecule has 104 valence electrons. The van der Waals surface area contributed by atoms with Gasteiger partial charge >= 0.3 is 0 Å². The maximum absolute atomic E-state index is 12.2. The second kappa shape index (κ2) is 6.57. The molecule has 2 rings (SSSR count). The van der Waals surface area contributed by atoms with Crippen molar-refractivity contribution >= 4 is 27.5 Å². The highest BCUT2D eigenvalue weighted by molar-refractivity contribution is 9.09. The first-order chi connectivity index (χ1) is 9.61. The molecule has 0 saturated heterocycles. The molecule has 0 aliphatic rings. The van der Waals surface area contributed by atoms with Crippen LogP contribution in [0, 0.1) is 6.92 Å². The van der Waals surface area contributed by atoms with Gasteiger partial charge in [0.25, 0.3) is 5.91 Å². The van der Waals surface area contributed by atoms with Crippen molar-refractivity contribution in [3.63, 3.8) is 0 Å². The number of hydrogen-bond donors (Lipinski definition) is 2. The van der Waals surface area contributed by atoms with E-state index in [0.717, 1.165) is 17.4 Å². The second-order valence-electron chi connectivity index (χ2n) is 4.54. The fourth-order valence-corrected chi connectivity index (χ4v) is 2.39. The molecule has 0 radical (unpaired) electrons. The average molecular weight is 334 g/mol. The van der Waals surface area contributed by atoms with Crippen molar-refractivity contribution in [3.05, 3.63) is 59.2 Å². The van der Waals surface area contributed by atoms with Gasteiger partial charge in [-0.05, 0) is 43.2 Å². The number of alkyl halides is 1. The number of carbonyl (C=O) groups excluding carboxylic acids is 1. The van der Waals surface area contributed by atoms with Crippen LogP contribution >= 0.6 is 15.9 Å². The Labute approximate surface area is 126 Å². The van der Waals surface area contributed by atoms with Gasteiger partial charge in [0.15, 0.2) is 0 Å². The summed E-state index contributed by atoms with van der Waals surface area (Å²) in [6.45, 7) is 1.73. The predicted molar refractivity (Wildman–Crippen MR) is 84.7 cm³/mol. The molecule has 0 spiro atoms. The molecule has 2 aromatic rings. The predicted octanol–water partition coefficient (Wildman–Crippen LogP) is 3.89. The molecule has 0 fully saturated rings. The first-order valence-corrected chi connectivity index (χ1v) is 7.49. The lowest BCUT2D eigenvalue weighted by molar-refractivity contribution is 0.102. The zero-order valence-corrected chi connectivity index (χ0v) is 12.8. The highest BCUT2D eigenvalue weighted by atomic mass is 79.9. The van der Waals surface area contributed by atoms with Crippen molar-refractivity contribution in [1.82, 2.24) is 0 Å². The number of phenols is 1. The van der Waals surface area contributed by atoms with Crippen LogP contribution in [0.5, 0.6) is 5.75 Å². The molecule has 0 aliphatic heterocycles. The molecule has 3 nitrogen and oxygen atoms in total. The van der Waals surface area contributed by atoms with Crippen LogP contribution < -0.4 is 5.32 Å². The van der Waals surface area contributed by atoms with E-state index in [-0.39, 0.29) is 11.7 Å². The third-order valence-electron chi connectivity index (χ3n) is 3.14. The molecule has 1 amide bonds. The Balaban J connectivity index is 2.13. The summed E-state index contributed by atoms with van der Waals surface area (Å²) in [4.78, 5) is 12.2. The maximum atomic E-state index is 12.2. The van der Waals surface area contributed by atoms with Crippen LogP contribution in [0.25, 0.3) is 0 Å². The molecular formula is C16H16BrNO2. The van der Waals surface area contributed by atoms with Crippen LogP contribution in [0.2, 0.25) is 0 Å². The summed E-state index contributed by atoms with van der Waals surface area (Å²) in [6, 6.07) is 12.7. The quantitative estimate of drug-likeness (QED) is 0.834. The lowest BCUT2D eigenvalue weighted by atomic mass is 10.1. The van der Waals surface area contributed by atoms with E-state index in [1.165, 1.54) is 5.56 Å². The van der Waals surface area contributed by atoms with Crippen molar-refractivity contribution in [1.29, 1.82) is 0 Å². The standard InChI is InChI=1S/C16H16BrNO2/c1-11-14(3-2-4-15(11)19)16(20)18-13-7-5-12(6-8-13)9-10-17/h2-8,19H,9-10H2,1H3,(H,18,20). The third-order valence-corrected chi connectivity index (χ3v) is 3.54. The molecule has 0 saturated carbocycles. The Morgan fingerprint density at radius 3 is 2.55 bits per heavy atom. The summed E-state index contributed by atoms with van der Waals surface area (Å²) in [7, 11) is 0. The number of halogens is 1. The Morgan fingerprint density at radius 1 is 1.20 bits per heavy atom. The summed E-state index contributed by atoms with van der Waals surface area (Å²) in [5.41, 5.74) is 3.03. The van der Waals surface area contributed by atoms with Gasteiger partial charge in [-0.2, -0.15) is 0 Å². The molecule has 0 aliphatic carbocycles. The van der Waals surface area contributed by atoms with E-state index < -0.39 is 0 Å². The third kappa shape index (κ3) is 3.39. The van der Waals surface area contributed by atoms with Gasteiger partial charge < -0.3 is 10.4 Å². The number of rotatable bonds is 4. The Hall–Kier alpha value is -1.81. The van der Waals surface area contributed by atoms with Crippen molar-refractivity contribution in [2.24, 2.45) is 0 Å². The van der Waals surface area contributed by atoms with E-state index >= 15 is 0 Å². The number of carbonyl (C=O) groups is 1. The second-order valence-corrected chi connectivity index (χ2v) is 5.33. The van der Waals surface area contributed by atoms with Crippen molar-refractivity contribution in [2.45, 2.75) is 13.3 Å². The van der Waals surface area contributed by atoms with Gasteiger partial charge in [-0.1, -0.05) is 34.1 Å². The molecule has 0 unspecified atom stereocenters. The largest absolute Gasteiger partial charge is 0.508 e. The summed E-state index contributed by atoms with van der Waals surface area (Å²) < 4.78 is 0. The highest BCUT2D eigenvalue weighted by Gasteiger charge is 2.11. The van der Waals surface area contributed by atoms with E-state index in [9.17, 15) is 9.90 Å². The van der Waals surface area contributed by atoms with Crippen LogP contribution in [0.15, 0.2) is 42.5 Å². The molecular weight excluding hydrogens is 318 g/mol. The lowest BCUT2D eigenvalue weighted by Crippen LogP contribution is -2.13. The molecule has 0 aromatic heterocycles. The first kappa shape index (κ1) is 14.6. The molecule has 20 heavy (non-hydrogen) atoms. The van der Waals surface area contributed by atoms with Crippen molar-refractivity contribution in [2.75, 3.05) is 10.6 Å². The van der Waals surface area contributed by atoms with Crippen LogP contribution in [0.4, 0.5) is 5.69 Å². The number of benzene rings is 2. The molecule has 0 atom stereocenters. The van der Waals surface area contributed by atoms with Gasteiger partial charge in [0, 0.05) is 22.1 Å². The fourth-order valence-electron chi connectivity index (χ4n) is 1.93. The van der Waals surface area contributed by atoms with Gasteiger partial charge in [0.2, 0.25) is 0 Å². The number of amides is 1. The summed E-state index contributed by atoms with van der Waals surface area (Å²) in [5.74, 6) is -0.0861. The molecule has 0 heterocycles. The maximum Gasteiger partial charge on any atom is 0.256 e. The number of hydrogen-bond acceptors (Lipinski definition) is 2. The summed E-state index contributed by atoms with van der Waals surface area (Å²) >= 11 is 3.40. The van der Waals surface area contributed by atoms with Gasteiger partial charge in [-0.15, -0.1) is 0 Å². The van der Waals surface area contributed by atoms with E-state index in [1.807, 2.05) is 24.3 Å². The summed E-state index contributed by atoms with van der Waals surface area (Å²) in [6.07, 6.45) is 0.958. The number of phenolic OH excluding ortho intramolecular Hbond substituents is 1. The van der Waals surface area contributed by atoms with Crippen LogP contribution in [0.3, 0.4) is 0 Å². The van der Waals surface area contributed by atoms with Crippen molar-refractivity contribution < 1.29 is 9.90 Å². The minimum absolute atomic E-state index is 0.130. The number of aromatic hydroxyl groups is 1. The van der Waals surface area contributed by atoms with E-state index in [1.54, 1.807) is 25.1 Å². The average Bonchev–Trinajstić information content (AvgIpc) is 2.44. The molecule has 4 heteroatoms. The minimum atomic E-state index is -0.216. The van der Waals surface area contributed by atoms with Gasteiger partial charge in [0.05, 0.1) is 0 Å². The van der Waals surface area contributed by atoms with E-state index in [2.05, 4.69) is 21.2 Å². The van der Waals surface area contributed by atoms with E-state index in [0.29, 0.717) is 11.1 Å².